The highest BCUT2D eigenvalue weighted by atomic mass is 16.6. The summed E-state index contributed by atoms with van der Waals surface area (Å²) in [5, 5.41) is 0. The van der Waals surface area contributed by atoms with Crippen LogP contribution >= 0.6 is 0 Å². The van der Waals surface area contributed by atoms with Gasteiger partial charge in [0.2, 0.25) is 0 Å². The zero-order chi connectivity index (χ0) is 39.4. The topological polar surface area (TPSA) is 78.9 Å². The smallest absolute Gasteiger partial charge is 0.306 e. The molecular formula is C48H86O6. The van der Waals surface area contributed by atoms with Crippen LogP contribution in [-0.2, 0) is 28.6 Å². The van der Waals surface area contributed by atoms with Gasteiger partial charge in [0, 0.05) is 19.3 Å². The van der Waals surface area contributed by atoms with Gasteiger partial charge < -0.3 is 14.2 Å². The predicted octanol–water partition coefficient (Wildman–Crippen LogP) is 14.6. The average Bonchev–Trinajstić information content (AvgIpc) is 3.17. The van der Waals surface area contributed by atoms with Gasteiger partial charge in [-0.15, -0.1) is 0 Å². The third-order valence-corrected chi connectivity index (χ3v) is 9.88. The van der Waals surface area contributed by atoms with Crippen LogP contribution in [0.3, 0.4) is 0 Å². The number of ether oxygens (including phenoxy) is 3. The Balaban J connectivity index is 4.35. The Hall–Kier alpha value is -2.37. The van der Waals surface area contributed by atoms with E-state index in [0.29, 0.717) is 19.3 Å². The molecule has 0 aliphatic rings. The quantitative estimate of drug-likeness (QED) is 0.0267. The molecule has 0 spiro atoms. The maximum Gasteiger partial charge on any atom is 0.306 e. The lowest BCUT2D eigenvalue weighted by Crippen LogP contribution is -2.30. The molecule has 0 saturated heterocycles. The van der Waals surface area contributed by atoms with E-state index in [2.05, 4.69) is 57.2 Å². The molecule has 0 aliphatic carbocycles. The molecule has 0 radical (unpaired) electrons. The monoisotopic (exact) mass is 759 g/mol. The fourth-order valence-electron chi connectivity index (χ4n) is 6.42. The number of hydrogen-bond acceptors (Lipinski definition) is 6. The van der Waals surface area contributed by atoms with E-state index in [-0.39, 0.29) is 31.1 Å². The van der Waals surface area contributed by atoms with Gasteiger partial charge in [-0.05, 0) is 64.2 Å². The zero-order valence-electron chi connectivity index (χ0n) is 35.7. The van der Waals surface area contributed by atoms with Crippen molar-refractivity contribution in [2.24, 2.45) is 0 Å². The molecule has 0 rings (SSSR count). The third kappa shape index (κ3) is 40.8. The van der Waals surface area contributed by atoms with E-state index in [9.17, 15) is 14.4 Å². The van der Waals surface area contributed by atoms with Crippen molar-refractivity contribution >= 4 is 17.9 Å². The van der Waals surface area contributed by atoms with Crippen molar-refractivity contribution in [1.29, 1.82) is 0 Å². The van der Waals surface area contributed by atoms with Gasteiger partial charge in [0.05, 0.1) is 0 Å². The summed E-state index contributed by atoms with van der Waals surface area (Å²) in [7, 11) is 0. The molecule has 0 aromatic carbocycles. The lowest BCUT2D eigenvalue weighted by Gasteiger charge is -2.18. The second kappa shape index (κ2) is 43.4. The summed E-state index contributed by atoms with van der Waals surface area (Å²) in [6.07, 6.45) is 48.5. The first-order chi connectivity index (χ1) is 26.5. The fraction of sp³-hybridized carbons (Fsp3) is 0.812. The van der Waals surface area contributed by atoms with Gasteiger partial charge in [-0.2, -0.15) is 0 Å². The van der Waals surface area contributed by atoms with Crippen LogP contribution < -0.4 is 0 Å². The number of carbonyl (C=O) groups is 3. The van der Waals surface area contributed by atoms with Crippen LogP contribution in [0.1, 0.15) is 233 Å². The van der Waals surface area contributed by atoms with Crippen molar-refractivity contribution in [2.45, 2.75) is 239 Å². The molecule has 1 atom stereocenters. The Morgan fingerprint density at radius 2 is 0.741 bits per heavy atom. The van der Waals surface area contributed by atoms with Gasteiger partial charge in [-0.3, -0.25) is 14.4 Å². The summed E-state index contributed by atoms with van der Waals surface area (Å²) in [6, 6.07) is 0. The second-order valence-corrected chi connectivity index (χ2v) is 15.3. The maximum absolute atomic E-state index is 12.7. The van der Waals surface area contributed by atoms with Crippen LogP contribution in [0, 0.1) is 0 Å². The molecule has 0 heterocycles. The number of unbranched alkanes of at least 4 members (excludes halogenated alkanes) is 24. The molecule has 6 heteroatoms. The molecule has 0 amide bonds. The van der Waals surface area contributed by atoms with Crippen molar-refractivity contribution in [1.82, 2.24) is 0 Å². The Morgan fingerprint density at radius 1 is 0.389 bits per heavy atom. The van der Waals surface area contributed by atoms with Gasteiger partial charge in [-0.25, -0.2) is 0 Å². The highest BCUT2D eigenvalue weighted by Crippen LogP contribution is 2.15. The minimum absolute atomic E-state index is 0.0842. The number of rotatable bonds is 41. The highest BCUT2D eigenvalue weighted by Gasteiger charge is 2.19. The molecule has 0 N–H and O–H groups in total. The third-order valence-electron chi connectivity index (χ3n) is 9.88. The summed E-state index contributed by atoms with van der Waals surface area (Å²) < 4.78 is 16.6. The van der Waals surface area contributed by atoms with Crippen molar-refractivity contribution in [3.63, 3.8) is 0 Å². The molecule has 0 aromatic heterocycles. The SMILES string of the molecule is CC/C=C\C/C=C\CCCCCCCC(=O)OC(COC(=O)CCC/C=C\CCCCCC)COC(=O)CCCCCCCCCCCCCCCCC. The Kier molecular flexibility index (Phi) is 41.5. The molecule has 0 aromatic rings. The Labute approximate surface area is 334 Å². The minimum Gasteiger partial charge on any atom is -0.462 e. The van der Waals surface area contributed by atoms with E-state index in [1.807, 2.05) is 0 Å². The molecule has 0 aliphatic heterocycles. The molecular weight excluding hydrogens is 673 g/mol. The lowest BCUT2D eigenvalue weighted by molar-refractivity contribution is -0.167. The van der Waals surface area contributed by atoms with Crippen LogP contribution in [0.2, 0.25) is 0 Å². The van der Waals surface area contributed by atoms with E-state index in [0.717, 1.165) is 89.9 Å². The van der Waals surface area contributed by atoms with E-state index in [1.165, 1.54) is 103 Å². The predicted molar refractivity (Wildman–Crippen MR) is 229 cm³/mol. The normalized spacial score (nSPS) is 12.3. The Morgan fingerprint density at radius 3 is 1.22 bits per heavy atom. The minimum atomic E-state index is -0.784. The number of carbonyl (C=O) groups excluding carboxylic acids is 3. The summed E-state index contributed by atoms with van der Waals surface area (Å²) in [6.45, 7) is 6.46. The van der Waals surface area contributed by atoms with Crippen LogP contribution in [-0.4, -0.2) is 37.2 Å². The van der Waals surface area contributed by atoms with Gasteiger partial charge in [0.15, 0.2) is 6.10 Å². The molecule has 6 nitrogen and oxygen atoms in total. The first kappa shape index (κ1) is 51.6. The summed E-state index contributed by atoms with van der Waals surface area (Å²) in [5.41, 5.74) is 0. The van der Waals surface area contributed by atoms with Gasteiger partial charge in [-0.1, -0.05) is 186 Å². The first-order valence-corrected chi connectivity index (χ1v) is 23.0. The van der Waals surface area contributed by atoms with Crippen LogP contribution in [0.25, 0.3) is 0 Å². The van der Waals surface area contributed by atoms with E-state index in [4.69, 9.17) is 14.2 Å². The highest BCUT2D eigenvalue weighted by molar-refractivity contribution is 5.71. The zero-order valence-corrected chi connectivity index (χ0v) is 35.7. The first-order valence-electron chi connectivity index (χ1n) is 23.0. The van der Waals surface area contributed by atoms with Crippen molar-refractivity contribution in [3.05, 3.63) is 36.5 Å². The number of esters is 3. The van der Waals surface area contributed by atoms with Crippen molar-refractivity contribution in [2.75, 3.05) is 13.2 Å². The molecule has 54 heavy (non-hydrogen) atoms. The number of allylic oxidation sites excluding steroid dienone is 6. The summed E-state index contributed by atoms with van der Waals surface area (Å²) in [4.78, 5) is 37.6. The van der Waals surface area contributed by atoms with Crippen LogP contribution in [0.4, 0.5) is 0 Å². The second-order valence-electron chi connectivity index (χ2n) is 15.3. The van der Waals surface area contributed by atoms with E-state index >= 15 is 0 Å². The molecule has 0 saturated carbocycles. The molecule has 1 unspecified atom stereocenters. The Bertz CT molecular complexity index is 922. The van der Waals surface area contributed by atoms with Crippen LogP contribution in [0.15, 0.2) is 36.5 Å². The van der Waals surface area contributed by atoms with Crippen molar-refractivity contribution in [3.8, 4) is 0 Å². The standard InChI is InChI=1S/C48H86O6/c1-4-7-10-13-16-19-21-23-24-25-27-29-32-35-38-41-47(50)53-44-45(43-52-46(49)40-37-34-31-28-18-15-12-9-6-3)54-48(51)42-39-36-33-30-26-22-20-17-14-11-8-5-2/h8,11,17,20,28,31,45H,4-7,9-10,12-16,18-19,21-27,29-30,32-44H2,1-3H3/b11-8-,20-17-,31-28-. The summed E-state index contributed by atoms with van der Waals surface area (Å²) >= 11 is 0. The van der Waals surface area contributed by atoms with Gasteiger partial charge in [0.1, 0.15) is 13.2 Å². The molecule has 0 bridgehead atoms. The average molecular weight is 759 g/mol. The fourth-order valence-corrected chi connectivity index (χ4v) is 6.42. The molecule has 0 fully saturated rings. The van der Waals surface area contributed by atoms with Gasteiger partial charge in [0.25, 0.3) is 0 Å². The number of hydrogen-bond donors (Lipinski definition) is 0. The summed E-state index contributed by atoms with van der Waals surface area (Å²) in [5.74, 6) is -0.934. The van der Waals surface area contributed by atoms with Crippen LogP contribution in [0.5, 0.6) is 0 Å². The van der Waals surface area contributed by atoms with Crippen molar-refractivity contribution < 1.29 is 28.6 Å². The van der Waals surface area contributed by atoms with Gasteiger partial charge >= 0.3 is 17.9 Å². The maximum atomic E-state index is 12.7. The molecule has 314 valence electrons. The lowest BCUT2D eigenvalue weighted by atomic mass is 10.0. The largest absolute Gasteiger partial charge is 0.462 e. The van der Waals surface area contributed by atoms with E-state index < -0.39 is 6.10 Å². The van der Waals surface area contributed by atoms with E-state index in [1.54, 1.807) is 0 Å².